The number of likely N-dealkylation sites (tertiary alicyclic amines) is 1. The molecule has 3 amide bonds. The second-order valence-corrected chi connectivity index (χ2v) is 8.67. The molecule has 11 heteroatoms. The number of aromatic nitrogens is 1. The average Bonchev–Trinajstić information content (AvgIpc) is 3.43. The molecule has 184 valence electrons. The first-order valence-corrected chi connectivity index (χ1v) is 11.2. The number of carbonyl (C=O) groups is 4. The molecule has 5 atom stereocenters. The number of carboxylic acid groups (broad SMARTS) is 1. The Morgan fingerprint density at radius 1 is 1.21 bits per heavy atom. The zero-order chi connectivity index (χ0) is 25.0. The molecule has 1 aliphatic rings. The van der Waals surface area contributed by atoms with Crippen LogP contribution in [0.15, 0.2) is 30.5 Å². The topological polar surface area (TPSA) is 178 Å². The van der Waals surface area contributed by atoms with Crippen LogP contribution in [-0.4, -0.2) is 80.6 Å². The van der Waals surface area contributed by atoms with Gasteiger partial charge in [-0.3, -0.25) is 14.4 Å². The van der Waals surface area contributed by atoms with Gasteiger partial charge in [-0.15, -0.1) is 0 Å². The monoisotopic (exact) mass is 473 g/mol. The molecule has 0 radical (unpaired) electrons. The Hall–Kier alpha value is -3.44. The summed E-state index contributed by atoms with van der Waals surface area (Å²) in [5.74, 6) is -3.00. The maximum absolute atomic E-state index is 13.5. The third kappa shape index (κ3) is 5.54. The van der Waals surface area contributed by atoms with Crippen molar-refractivity contribution in [3.05, 3.63) is 36.0 Å². The minimum absolute atomic E-state index is 0.178. The number of para-hydroxylation sites is 1. The summed E-state index contributed by atoms with van der Waals surface area (Å²) in [6.45, 7) is 3.05. The van der Waals surface area contributed by atoms with Gasteiger partial charge in [-0.25, -0.2) is 4.79 Å². The molecule has 3 rings (SSSR count). The van der Waals surface area contributed by atoms with E-state index in [-0.39, 0.29) is 13.0 Å². The number of hydrogen-bond acceptors (Lipinski definition) is 6. The number of H-pyrrole nitrogens is 1. The highest BCUT2D eigenvalue weighted by atomic mass is 16.4. The molecule has 0 saturated carbocycles. The summed E-state index contributed by atoms with van der Waals surface area (Å²) in [5, 5.41) is 24.9. The number of carboxylic acids is 1. The first kappa shape index (κ1) is 25.2. The predicted octanol–water partition coefficient (Wildman–Crippen LogP) is -0.516. The maximum atomic E-state index is 13.5. The van der Waals surface area contributed by atoms with Crippen LogP contribution in [0.2, 0.25) is 0 Å². The molecule has 2 aromatic rings. The van der Waals surface area contributed by atoms with E-state index in [9.17, 15) is 29.4 Å². The van der Waals surface area contributed by atoms with Crippen LogP contribution in [0, 0.1) is 0 Å². The molecule has 1 aliphatic heterocycles. The van der Waals surface area contributed by atoms with Crippen LogP contribution in [0.3, 0.4) is 0 Å². The van der Waals surface area contributed by atoms with Crippen molar-refractivity contribution < 1.29 is 29.4 Å². The summed E-state index contributed by atoms with van der Waals surface area (Å²) in [7, 11) is 0. The van der Waals surface area contributed by atoms with Gasteiger partial charge in [0.05, 0.1) is 12.1 Å². The summed E-state index contributed by atoms with van der Waals surface area (Å²) >= 11 is 0. The number of hydrogen-bond donors (Lipinski definition) is 6. The van der Waals surface area contributed by atoms with Gasteiger partial charge in [0.2, 0.25) is 17.7 Å². The fraction of sp³-hybridized carbons (Fsp3) is 0.478. The van der Waals surface area contributed by atoms with Crippen LogP contribution in [0.25, 0.3) is 10.9 Å². The lowest BCUT2D eigenvalue weighted by Gasteiger charge is -2.30. The third-order valence-electron chi connectivity index (χ3n) is 6.01. The van der Waals surface area contributed by atoms with Crippen molar-refractivity contribution in [3.8, 4) is 0 Å². The van der Waals surface area contributed by atoms with E-state index in [1.54, 1.807) is 6.20 Å². The Bertz CT molecular complexity index is 1070. The lowest BCUT2D eigenvalue weighted by molar-refractivity contribution is -0.147. The van der Waals surface area contributed by atoms with Gasteiger partial charge in [-0.2, -0.15) is 0 Å². The standard InChI is InChI=1S/C23H31N5O6/c1-12(24)20(30)26-17(10-14-11-25-16-7-4-3-6-15(14)16)22(32)28-9-5-8-18(28)21(31)27-19(13(2)29)23(33)34/h3-4,6-7,11-13,17-19,25,29H,5,8-10,24H2,1-2H3,(H,26,30)(H,27,31)(H,33,34). The van der Waals surface area contributed by atoms with Crippen molar-refractivity contribution in [1.82, 2.24) is 20.5 Å². The largest absolute Gasteiger partial charge is 0.480 e. The quantitative estimate of drug-likeness (QED) is 0.284. The summed E-state index contributed by atoms with van der Waals surface area (Å²) in [6, 6.07) is 3.35. The molecule has 1 saturated heterocycles. The second-order valence-electron chi connectivity index (χ2n) is 8.67. The van der Waals surface area contributed by atoms with Gasteiger partial charge < -0.3 is 36.5 Å². The molecular formula is C23H31N5O6. The van der Waals surface area contributed by atoms with Gasteiger partial charge in [0, 0.05) is 30.1 Å². The van der Waals surface area contributed by atoms with Crippen LogP contribution in [-0.2, 0) is 25.6 Å². The highest BCUT2D eigenvalue weighted by Gasteiger charge is 2.39. The van der Waals surface area contributed by atoms with Crippen LogP contribution in [0.5, 0.6) is 0 Å². The van der Waals surface area contributed by atoms with E-state index in [1.165, 1.54) is 18.7 Å². The Morgan fingerprint density at radius 3 is 2.56 bits per heavy atom. The number of aromatic amines is 1. The normalized spacial score (nSPS) is 19.3. The number of rotatable bonds is 9. The summed E-state index contributed by atoms with van der Waals surface area (Å²) in [5.41, 5.74) is 7.41. The minimum atomic E-state index is -1.50. The molecule has 0 bridgehead atoms. The first-order chi connectivity index (χ1) is 16.1. The summed E-state index contributed by atoms with van der Waals surface area (Å²) in [6.07, 6.45) is 1.52. The molecule has 0 spiro atoms. The number of nitrogens with one attached hydrogen (secondary N) is 3. The van der Waals surface area contributed by atoms with Crippen LogP contribution in [0.4, 0.5) is 0 Å². The van der Waals surface area contributed by atoms with Crippen molar-refractivity contribution in [2.75, 3.05) is 6.54 Å². The zero-order valence-electron chi connectivity index (χ0n) is 19.2. The number of benzene rings is 1. The molecule has 1 aromatic heterocycles. The maximum Gasteiger partial charge on any atom is 0.328 e. The molecule has 11 nitrogen and oxygen atoms in total. The number of aliphatic hydroxyl groups is 1. The predicted molar refractivity (Wildman–Crippen MR) is 124 cm³/mol. The molecule has 7 N–H and O–H groups in total. The van der Waals surface area contributed by atoms with Crippen LogP contribution < -0.4 is 16.4 Å². The molecule has 1 aromatic carbocycles. The minimum Gasteiger partial charge on any atom is -0.480 e. The SMILES string of the molecule is CC(N)C(=O)NC(Cc1c[nH]c2ccccc12)C(=O)N1CCCC1C(=O)NC(C(=O)O)C(C)O. The molecule has 0 aliphatic carbocycles. The van der Waals surface area contributed by atoms with E-state index in [0.717, 1.165) is 16.5 Å². The van der Waals surface area contributed by atoms with E-state index >= 15 is 0 Å². The van der Waals surface area contributed by atoms with Crippen molar-refractivity contribution in [1.29, 1.82) is 0 Å². The van der Waals surface area contributed by atoms with Gasteiger partial charge in [-0.05, 0) is 38.3 Å². The smallest absolute Gasteiger partial charge is 0.328 e. The van der Waals surface area contributed by atoms with E-state index in [4.69, 9.17) is 5.73 Å². The lowest BCUT2D eigenvalue weighted by Crippen LogP contribution is -2.58. The van der Waals surface area contributed by atoms with Crippen molar-refractivity contribution >= 4 is 34.6 Å². The molecule has 1 fully saturated rings. The number of aliphatic carboxylic acids is 1. The van der Waals surface area contributed by atoms with Gasteiger partial charge in [0.15, 0.2) is 6.04 Å². The summed E-state index contributed by atoms with van der Waals surface area (Å²) < 4.78 is 0. The van der Waals surface area contributed by atoms with Crippen LogP contribution >= 0.6 is 0 Å². The second kappa shape index (κ2) is 10.7. The highest BCUT2D eigenvalue weighted by Crippen LogP contribution is 2.23. The molecule has 2 heterocycles. The number of carbonyl (C=O) groups excluding carboxylic acids is 3. The highest BCUT2D eigenvalue weighted by molar-refractivity contribution is 5.95. The van der Waals surface area contributed by atoms with Gasteiger partial charge in [0.25, 0.3) is 0 Å². The fourth-order valence-electron chi connectivity index (χ4n) is 4.17. The van der Waals surface area contributed by atoms with Crippen molar-refractivity contribution in [2.24, 2.45) is 5.73 Å². The number of nitrogens with zero attached hydrogens (tertiary/aromatic N) is 1. The van der Waals surface area contributed by atoms with Gasteiger partial charge in [0.1, 0.15) is 12.1 Å². The van der Waals surface area contributed by atoms with Crippen molar-refractivity contribution in [2.45, 2.75) is 63.4 Å². The number of nitrogens with two attached hydrogens (primary N) is 1. The van der Waals surface area contributed by atoms with Crippen LogP contribution in [0.1, 0.15) is 32.3 Å². The molecule has 5 unspecified atom stereocenters. The Labute approximate surface area is 196 Å². The summed E-state index contributed by atoms with van der Waals surface area (Å²) in [4.78, 5) is 54.6. The first-order valence-electron chi connectivity index (χ1n) is 11.2. The van der Waals surface area contributed by atoms with Gasteiger partial charge >= 0.3 is 5.97 Å². The average molecular weight is 474 g/mol. The molecule has 34 heavy (non-hydrogen) atoms. The Balaban J connectivity index is 1.83. The van der Waals surface area contributed by atoms with Gasteiger partial charge in [-0.1, -0.05) is 18.2 Å². The number of fused-ring (bicyclic) bond motifs is 1. The Morgan fingerprint density at radius 2 is 1.91 bits per heavy atom. The van der Waals surface area contributed by atoms with E-state index < -0.39 is 54.0 Å². The Kier molecular flexibility index (Phi) is 7.90. The fourth-order valence-corrected chi connectivity index (χ4v) is 4.17. The number of amides is 3. The molecular weight excluding hydrogens is 442 g/mol. The van der Waals surface area contributed by atoms with E-state index in [1.807, 2.05) is 24.3 Å². The zero-order valence-corrected chi connectivity index (χ0v) is 19.2. The third-order valence-corrected chi connectivity index (χ3v) is 6.01. The number of aliphatic hydroxyl groups excluding tert-OH is 1. The van der Waals surface area contributed by atoms with E-state index in [0.29, 0.717) is 12.8 Å². The van der Waals surface area contributed by atoms with Crippen molar-refractivity contribution in [3.63, 3.8) is 0 Å². The van der Waals surface area contributed by atoms with E-state index in [2.05, 4.69) is 15.6 Å². The lowest BCUT2D eigenvalue weighted by atomic mass is 10.0.